The van der Waals surface area contributed by atoms with Gasteiger partial charge in [-0.25, -0.2) is 4.98 Å². The van der Waals surface area contributed by atoms with E-state index >= 15 is 0 Å². The Morgan fingerprint density at radius 1 is 1.32 bits per heavy atom. The van der Waals surface area contributed by atoms with Gasteiger partial charge < -0.3 is 15.0 Å². The Kier molecular flexibility index (Phi) is 4.78. The molecule has 4 heteroatoms. The van der Waals surface area contributed by atoms with E-state index in [2.05, 4.69) is 23.0 Å². The highest BCUT2D eigenvalue weighted by atomic mass is 16.3. The molecule has 118 valence electrons. The number of nitrogens with zero attached hydrogens (tertiary/aromatic N) is 2. The number of para-hydroxylation sites is 1. The third-order valence-electron chi connectivity index (χ3n) is 4.45. The first-order valence-corrected chi connectivity index (χ1v) is 8.34. The number of aromatic nitrogens is 2. The van der Waals surface area contributed by atoms with Crippen molar-refractivity contribution in [2.75, 3.05) is 6.54 Å². The van der Waals surface area contributed by atoms with Gasteiger partial charge in [0, 0.05) is 43.7 Å². The van der Waals surface area contributed by atoms with Crippen LogP contribution in [0.15, 0.2) is 30.5 Å². The van der Waals surface area contributed by atoms with Gasteiger partial charge in [0.1, 0.15) is 11.6 Å². The summed E-state index contributed by atoms with van der Waals surface area (Å²) in [5.41, 5.74) is 2.16. The summed E-state index contributed by atoms with van der Waals surface area (Å²) in [5, 5.41) is 13.5. The average molecular weight is 299 g/mol. The highest BCUT2D eigenvalue weighted by Gasteiger charge is 2.14. The molecular weight excluding hydrogens is 274 g/mol. The molecule has 0 bridgehead atoms. The van der Waals surface area contributed by atoms with Crippen LogP contribution in [0.5, 0.6) is 5.75 Å². The molecule has 2 heterocycles. The summed E-state index contributed by atoms with van der Waals surface area (Å²) >= 11 is 0. The molecule has 1 aliphatic rings. The Morgan fingerprint density at radius 3 is 2.95 bits per heavy atom. The SMILES string of the molecule is CC[C@H](NCCc1cn2c(n1)CCCC2)c1ccccc1O. The first-order chi connectivity index (χ1) is 10.8. The van der Waals surface area contributed by atoms with Crippen LogP contribution in [-0.4, -0.2) is 21.2 Å². The van der Waals surface area contributed by atoms with Gasteiger partial charge in [-0.1, -0.05) is 25.1 Å². The van der Waals surface area contributed by atoms with Crippen molar-refractivity contribution in [1.82, 2.24) is 14.9 Å². The first kappa shape index (κ1) is 15.1. The molecule has 0 fully saturated rings. The lowest BCUT2D eigenvalue weighted by Crippen LogP contribution is -2.23. The Hall–Kier alpha value is -1.81. The summed E-state index contributed by atoms with van der Waals surface area (Å²) in [6, 6.07) is 7.78. The molecule has 1 atom stereocenters. The zero-order valence-corrected chi connectivity index (χ0v) is 13.3. The number of rotatable bonds is 6. The largest absolute Gasteiger partial charge is 0.508 e. The second-order valence-corrected chi connectivity index (χ2v) is 6.02. The second-order valence-electron chi connectivity index (χ2n) is 6.02. The van der Waals surface area contributed by atoms with E-state index in [-0.39, 0.29) is 6.04 Å². The number of imidazole rings is 1. The van der Waals surface area contributed by atoms with Crippen LogP contribution in [0.25, 0.3) is 0 Å². The number of fused-ring (bicyclic) bond motifs is 1. The maximum atomic E-state index is 9.98. The Labute approximate surface area is 132 Å². The molecule has 4 nitrogen and oxygen atoms in total. The zero-order chi connectivity index (χ0) is 15.4. The van der Waals surface area contributed by atoms with Crippen molar-refractivity contribution >= 4 is 0 Å². The third kappa shape index (κ3) is 3.33. The zero-order valence-electron chi connectivity index (χ0n) is 13.3. The van der Waals surface area contributed by atoms with E-state index in [1.165, 1.54) is 24.4 Å². The third-order valence-corrected chi connectivity index (χ3v) is 4.45. The quantitative estimate of drug-likeness (QED) is 0.861. The van der Waals surface area contributed by atoms with Crippen LogP contribution in [0.1, 0.15) is 49.3 Å². The van der Waals surface area contributed by atoms with E-state index < -0.39 is 0 Å². The van der Waals surface area contributed by atoms with Gasteiger partial charge in [0.2, 0.25) is 0 Å². The number of aromatic hydroxyl groups is 1. The smallest absolute Gasteiger partial charge is 0.120 e. The number of phenols is 1. The maximum absolute atomic E-state index is 9.98. The molecule has 2 aromatic rings. The van der Waals surface area contributed by atoms with Crippen molar-refractivity contribution in [1.29, 1.82) is 0 Å². The van der Waals surface area contributed by atoms with E-state index in [1.807, 2.05) is 18.2 Å². The molecule has 0 aliphatic carbocycles. The van der Waals surface area contributed by atoms with E-state index in [9.17, 15) is 5.11 Å². The van der Waals surface area contributed by atoms with Crippen LogP contribution < -0.4 is 5.32 Å². The van der Waals surface area contributed by atoms with Gasteiger partial charge in [-0.2, -0.15) is 0 Å². The monoisotopic (exact) mass is 299 g/mol. The van der Waals surface area contributed by atoms with Gasteiger partial charge in [-0.3, -0.25) is 0 Å². The number of phenolic OH excluding ortho intramolecular Hbond substituents is 1. The molecule has 3 rings (SSSR count). The first-order valence-electron chi connectivity index (χ1n) is 8.34. The summed E-state index contributed by atoms with van der Waals surface area (Å²) < 4.78 is 2.30. The summed E-state index contributed by atoms with van der Waals surface area (Å²) in [4.78, 5) is 4.74. The number of hydrogen-bond donors (Lipinski definition) is 2. The highest BCUT2D eigenvalue weighted by Crippen LogP contribution is 2.25. The maximum Gasteiger partial charge on any atom is 0.120 e. The summed E-state index contributed by atoms with van der Waals surface area (Å²) in [6.45, 7) is 4.13. The molecule has 0 saturated heterocycles. The van der Waals surface area contributed by atoms with Crippen molar-refractivity contribution in [3.63, 3.8) is 0 Å². The lowest BCUT2D eigenvalue weighted by molar-refractivity contribution is 0.442. The van der Waals surface area contributed by atoms with Gasteiger partial charge >= 0.3 is 0 Å². The molecule has 1 aromatic heterocycles. The van der Waals surface area contributed by atoms with Gasteiger partial charge in [0.05, 0.1) is 5.69 Å². The van der Waals surface area contributed by atoms with Crippen LogP contribution in [0, 0.1) is 0 Å². The summed E-state index contributed by atoms with van der Waals surface area (Å²) in [6.07, 6.45) is 7.74. The molecule has 1 aromatic carbocycles. The summed E-state index contributed by atoms with van der Waals surface area (Å²) in [5.74, 6) is 1.62. The van der Waals surface area contributed by atoms with Crippen LogP contribution >= 0.6 is 0 Å². The van der Waals surface area contributed by atoms with Gasteiger partial charge in [-0.15, -0.1) is 0 Å². The Bertz CT molecular complexity index is 597. The lowest BCUT2D eigenvalue weighted by atomic mass is 10.0. The van der Waals surface area contributed by atoms with E-state index in [4.69, 9.17) is 4.98 Å². The predicted molar refractivity (Wildman–Crippen MR) is 88.0 cm³/mol. The molecule has 0 saturated carbocycles. The van der Waals surface area contributed by atoms with Crippen LogP contribution in [0.3, 0.4) is 0 Å². The minimum absolute atomic E-state index is 0.193. The molecule has 22 heavy (non-hydrogen) atoms. The molecule has 0 unspecified atom stereocenters. The van der Waals surface area contributed by atoms with Crippen LogP contribution in [-0.2, 0) is 19.4 Å². The van der Waals surface area contributed by atoms with E-state index in [0.29, 0.717) is 5.75 Å². The standard InChI is InChI=1S/C18H25N3O/c1-2-16(15-7-3-4-8-17(15)22)19-11-10-14-13-21-12-6-5-9-18(21)20-14/h3-4,7-8,13,16,19,22H,2,5-6,9-12H2,1H3/t16-/m0/s1. The van der Waals surface area contributed by atoms with Crippen LogP contribution in [0.4, 0.5) is 0 Å². The summed E-state index contributed by atoms with van der Waals surface area (Å²) in [7, 11) is 0. The molecule has 2 N–H and O–H groups in total. The van der Waals surface area contributed by atoms with Crippen molar-refractivity contribution < 1.29 is 5.11 Å². The van der Waals surface area contributed by atoms with Gasteiger partial charge in [0.25, 0.3) is 0 Å². The van der Waals surface area contributed by atoms with Gasteiger partial charge in [0.15, 0.2) is 0 Å². The minimum atomic E-state index is 0.193. The fraction of sp³-hybridized carbons (Fsp3) is 0.500. The van der Waals surface area contributed by atoms with Crippen molar-refractivity contribution in [3.05, 3.63) is 47.5 Å². The second kappa shape index (κ2) is 6.97. The number of aryl methyl sites for hydroxylation is 2. The van der Waals surface area contributed by atoms with E-state index in [1.54, 1.807) is 6.07 Å². The van der Waals surface area contributed by atoms with Crippen molar-refractivity contribution in [2.24, 2.45) is 0 Å². The average Bonchev–Trinajstić information content (AvgIpc) is 2.95. The predicted octanol–water partition coefficient (Wildman–Crippen LogP) is 3.21. The Morgan fingerprint density at radius 2 is 2.18 bits per heavy atom. The van der Waals surface area contributed by atoms with Crippen molar-refractivity contribution in [3.8, 4) is 5.75 Å². The van der Waals surface area contributed by atoms with Gasteiger partial charge in [-0.05, 0) is 25.3 Å². The van der Waals surface area contributed by atoms with E-state index in [0.717, 1.165) is 37.9 Å². The topological polar surface area (TPSA) is 50.1 Å². The van der Waals surface area contributed by atoms with Crippen LogP contribution in [0.2, 0.25) is 0 Å². The highest BCUT2D eigenvalue weighted by molar-refractivity contribution is 5.34. The molecule has 0 amide bonds. The molecule has 1 aliphatic heterocycles. The Balaban J connectivity index is 1.57. The molecular formula is C18H25N3O. The molecule has 0 radical (unpaired) electrons. The minimum Gasteiger partial charge on any atom is -0.508 e. The fourth-order valence-electron chi connectivity index (χ4n) is 3.22. The lowest BCUT2D eigenvalue weighted by Gasteiger charge is -2.18. The fourth-order valence-corrected chi connectivity index (χ4v) is 3.22. The number of benzene rings is 1. The molecule has 0 spiro atoms. The van der Waals surface area contributed by atoms with Crippen molar-refractivity contribution in [2.45, 2.75) is 51.6 Å². The number of nitrogens with one attached hydrogen (secondary N) is 1. The normalized spacial score (nSPS) is 15.5. The number of hydrogen-bond acceptors (Lipinski definition) is 3.